The van der Waals surface area contributed by atoms with E-state index in [4.69, 9.17) is 27.9 Å². The zero-order chi connectivity index (χ0) is 17.1. The molecule has 2 rings (SSSR count). The molecule has 0 amide bonds. The number of anilines is 1. The van der Waals surface area contributed by atoms with Gasteiger partial charge in [0.25, 0.3) is 5.56 Å². The maximum absolute atomic E-state index is 12.2. The third-order valence-electron chi connectivity index (χ3n) is 3.36. The lowest BCUT2D eigenvalue weighted by Crippen LogP contribution is -2.23. The summed E-state index contributed by atoms with van der Waals surface area (Å²) in [6.07, 6.45) is -0.633. The molecular weight excluding hydrogens is 337 g/mol. The second-order valence-corrected chi connectivity index (χ2v) is 6.29. The molecular formula is C16H19Cl2N3O2. The number of nitrogens with one attached hydrogen (secondary N) is 2. The molecule has 0 bridgehead atoms. The van der Waals surface area contributed by atoms with Gasteiger partial charge in [-0.05, 0) is 32.9 Å². The number of halogens is 2. The van der Waals surface area contributed by atoms with Crippen molar-refractivity contribution in [3.05, 3.63) is 55.4 Å². The minimum Gasteiger partial charge on any atom is -0.370 e. The zero-order valence-electron chi connectivity index (χ0n) is 13.4. The Labute approximate surface area is 145 Å². The fraction of sp³-hybridized carbons (Fsp3) is 0.375. The van der Waals surface area contributed by atoms with Crippen LogP contribution in [-0.4, -0.2) is 23.1 Å². The molecule has 0 saturated carbocycles. The first-order valence-electron chi connectivity index (χ1n) is 7.19. The highest BCUT2D eigenvalue weighted by molar-refractivity contribution is 6.36. The lowest BCUT2D eigenvalue weighted by Gasteiger charge is -2.20. The van der Waals surface area contributed by atoms with E-state index in [1.807, 2.05) is 13.8 Å². The number of aromatic nitrogens is 2. The monoisotopic (exact) mass is 355 g/mol. The first-order valence-corrected chi connectivity index (χ1v) is 7.94. The average molecular weight is 356 g/mol. The summed E-state index contributed by atoms with van der Waals surface area (Å²) in [4.78, 5) is 19.4. The van der Waals surface area contributed by atoms with E-state index in [-0.39, 0.29) is 11.6 Å². The molecule has 0 aliphatic carbocycles. The van der Waals surface area contributed by atoms with Crippen LogP contribution in [0.2, 0.25) is 10.0 Å². The average Bonchev–Trinajstić information content (AvgIpc) is 2.46. The summed E-state index contributed by atoms with van der Waals surface area (Å²) in [6, 6.07) is 5.33. The van der Waals surface area contributed by atoms with Gasteiger partial charge in [-0.2, -0.15) is 0 Å². The van der Waals surface area contributed by atoms with Gasteiger partial charge in [-0.3, -0.25) is 9.78 Å². The molecule has 2 aromatic rings. The van der Waals surface area contributed by atoms with Crippen LogP contribution >= 0.6 is 23.2 Å². The summed E-state index contributed by atoms with van der Waals surface area (Å²) in [5, 5.41) is 4.01. The van der Waals surface area contributed by atoms with Crippen LogP contribution in [0.4, 0.5) is 5.95 Å². The molecule has 1 heterocycles. The molecule has 0 aliphatic rings. The minimum atomic E-state index is -0.633. The van der Waals surface area contributed by atoms with Crippen molar-refractivity contribution in [3.63, 3.8) is 0 Å². The van der Waals surface area contributed by atoms with E-state index in [1.165, 1.54) is 7.11 Å². The van der Waals surface area contributed by atoms with Crippen LogP contribution in [0, 0.1) is 6.92 Å². The molecule has 124 valence electrons. The van der Waals surface area contributed by atoms with Crippen molar-refractivity contribution in [1.29, 1.82) is 0 Å². The molecule has 5 nitrogen and oxygen atoms in total. The number of H-pyrrole nitrogens is 1. The molecule has 1 unspecified atom stereocenters. The number of methoxy groups -OCH3 is 1. The molecule has 7 heteroatoms. The highest BCUT2D eigenvalue weighted by Crippen LogP contribution is 2.36. The molecule has 0 saturated heterocycles. The summed E-state index contributed by atoms with van der Waals surface area (Å²) >= 11 is 12.6. The van der Waals surface area contributed by atoms with Gasteiger partial charge in [-0.15, -0.1) is 0 Å². The summed E-state index contributed by atoms with van der Waals surface area (Å²) in [5.74, 6) is 0.385. The van der Waals surface area contributed by atoms with Gasteiger partial charge >= 0.3 is 0 Å². The third-order valence-corrected chi connectivity index (χ3v) is 4.02. The van der Waals surface area contributed by atoms with Crippen LogP contribution in [0.25, 0.3) is 0 Å². The lowest BCUT2D eigenvalue weighted by molar-refractivity contribution is 0.132. The van der Waals surface area contributed by atoms with Crippen LogP contribution < -0.4 is 10.9 Å². The van der Waals surface area contributed by atoms with Crippen molar-refractivity contribution in [3.8, 4) is 0 Å². The Morgan fingerprint density at radius 3 is 2.39 bits per heavy atom. The van der Waals surface area contributed by atoms with Gasteiger partial charge < -0.3 is 10.1 Å². The highest BCUT2D eigenvalue weighted by Gasteiger charge is 2.24. The zero-order valence-corrected chi connectivity index (χ0v) is 14.9. The normalized spacial score (nSPS) is 12.5. The van der Waals surface area contributed by atoms with Crippen molar-refractivity contribution in [2.24, 2.45) is 0 Å². The maximum atomic E-state index is 12.2. The number of hydrogen-bond acceptors (Lipinski definition) is 4. The second-order valence-electron chi connectivity index (χ2n) is 5.47. The Kier molecular flexibility index (Phi) is 5.68. The first kappa shape index (κ1) is 17.8. The third kappa shape index (κ3) is 3.86. The highest BCUT2D eigenvalue weighted by atomic mass is 35.5. The predicted molar refractivity (Wildman–Crippen MR) is 93.7 cm³/mol. The Hall–Kier alpha value is -1.56. The second kappa shape index (κ2) is 7.34. The molecule has 0 aliphatic heterocycles. The van der Waals surface area contributed by atoms with Crippen LogP contribution in [-0.2, 0) is 4.74 Å². The van der Waals surface area contributed by atoms with E-state index in [1.54, 1.807) is 25.1 Å². The molecule has 0 spiro atoms. The molecule has 23 heavy (non-hydrogen) atoms. The fourth-order valence-corrected chi connectivity index (χ4v) is 2.87. The number of nitrogens with zero attached hydrogens (tertiary/aromatic N) is 1. The van der Waals surface area contributed by atoms with Crippen molar-refractivity contribution >= 4 is 29.2 Å². The molecule has 2 N–H and O–H groups in total. The van der Waals surface area contributed by atoms with E-state index in [0.29, 0.717) is 32.8 Å². The summed E-state index contributed by atoms with van der Waals surface area (Å²) in [7, 11) is 1.53. The summed E-state index contributed by atoms with van der Waals surface area (Å²) < 4.78 is 5.57. The van der Waals surface area contributed by atoms with Crippen LogP contribution in [0.3, 0.4) is 0 Å². The Morgan fingerprint density at radius 1 is 1.26 bits per heavy atom. The van der Waals surface area contributed by atoms with Crippen molar-refractivity contribution in [2.45, 2.75) is 32.9 Å². The minimum absolute atomic E-state index is 0.124. The number of aromatic amines is 1. The molecule has 0 radical (unpaired) electrons. The summed E-state index contributed by atoms with van der Waals surface area (Å²) in [6.45, 7) is 5.60. The van der Waals surface area contributed by atoms with E-state index in [2.05, 4.69) is 15.3 Å². The first-order chi connectivity index (χ1) is 10.8. The van der Waals surface area contributed by atoms with E-state index < -0.39 is 6.10 Å². The number of rotatable bonds is 5. The van der Waals surface area contributed by atoms with Crippen LogP contribution in [0.15, 0.2) is 23.0 Å². The van der Waals surface area contributed by atoms with Gasteiger partial charge in [-0.25, -0.2) is 4.98 Å². The van der Waals surface area contributed by atoms with E-state index >= 15 is 0 Å². The maximum Gasteiger partial charge on any atom is 0.255 e. The Bertz CT molecular complexity index is 739. The van der Waals surface area contributed by atoms with E-state index in [0.717, 1.165) is 0 Å². The van der Waals surface area contributed by atoms with Gasteiger partial charge in [0.15, 0.2) is 0 Å². The largest absolute Gasteiger partial charge is 0.370 e. The predicted octanol–water partition coefficient (Wildman–Crippen LogP) is 3.94. The van der Waals surface area contributed by atoms with Crippen molar-refractivity contribution in [1.82, 2.24) is 9.97 Å². The Balaban J connectivity index is 2.62. The lowest BCUT2D eigenvalue weighted by atomic mass is 10.0. The summed E-state index contributed by atoms with van der Waals surface area (Å²) in [5.41, 5.74) is 1.30. The molecule has 1 aromatic heterocycles. The van der Waals surface area contributed by atoms with Crippen LogP contribution in [0.1, 0.15) is 36.8 Å². The van der Waals surface area contributed by atoms with Gasteiger partial charge in [0.2, 0.25) is 5.95 Å². The number of benzene rings is 1. The van der Waals surface area contributed by atoms with Crippen molar-refractivity contribution in [2.75, 3.05) is 12.4 Å². The van der Waals surface area contributed by atoms with Gasteiger partial charge in [0, 0.05) is 34.3 Å². The fourth-order valence-electron chi connectivity index (χ4n) is 2.27. The van der Waals surface area contributed by atoms with E-state index in [9.17, 15) is 4.79 Å². The molecule has 1 aromatic carbocycles. The standard InChI is InChI=1S/C16H19Cl2N3O2/c1-8(2)19-16-20-13(9(3)15(22)21-16)14(23-4)12-10(17)6-5-7-11(12)18/h5-8,14H,1-4H3,(H2,19,20,21,22). The molecule has 1 atom stereocenters. The number of ether oxygens (including phenoxy) is 1. The van der Waals surface area contributed by atoms with Crippen LogP contribution in [0.5, 0.6) is 0 Å². The smallest absolute Gasteiger partial charge is 0.255 e. The molecule has 0 fully saturated rings. The Morgan fingerprint density at radius 2 is 1.87 bits per heavy atom. The van der Waals surface area contributed by atoms with Gasteiger partial charge in [0.1, 0.15) is 6.10 Å². The topological polar surface area (TPSA) is 67.0 Å². The van der Waals surface area contributed by atoms with Gasteiger partial charge in [-0.1, -0.05) is 29.3 Å². The quantitative estimate of drug-likeness (QED) is 0.852. The van der Waals surface area contributed by atoms with Crippen molar-refractivity contribution < 1.29 is 4.74 Å². The number of hydrogen-bond donors (Lipinski definition) is 2. The SMILES string of the molecule is COC(c1nc(NC(C)C)[nH]c(=O)c1C)c1c(Cl)cccc1Cl. The van der Waals surface area contributed by atoms with Gasteiger partial charge in [0.05, 0.1) is 5.69 Å².